The topological polar surface area (TPSA) is 35.2 Å². The van der Waals surface area contributed by atoms with Crippen LogP contribution in [-0.2, 0) is 4.74 Å². The molecule has 14 heavy (non-hydrogen) atoms. The number of ether oxygens (including phenoxy) is 1. The van der Waals surface area contributed by atoms with Gasteiger partial charge in [0.05, 0.1) is 12.6 Å². The van der Waals surface area contributed by atoms with Crippen LogP contribution < -0.4 is 5.73 Å². The van der Waals surface area contributed by atoms with E-state index in [9.17, 15) is 0 Å². The molecule has 0 aliphatic rings. The molecular weight excluding hydrogens is 242 g/mol. The number of hydrogen-bond donors (Lipinski definition) is 1. The van der Waals surface area contributed by atoms with Gasteiger partial charge in [-0.15, -0.1) is 0 Å². The van der Waals surface area contributed by atoms with Crippen LogP contribution in [0.5, 0.6) is 0 Å². The molecule has 0 saturated carbocycles. The Kier molecular flexibility index (Phi) is 4.58. The summed E-state index contributed by atoms with van der Waals surface area (Å²) in [6.45, 7) is 5.32. The minimum Gasteiger partial charge on any atom is -0.380 e. The van der Waals surface area contributed by atoms with Crippen LogP contribution in [0.3, 0.4) is 0 Å². The van der Waals surface area contributed by atoms with Gasteiger partial charge < -0.3 is 10.5 Å². The molecule has 0 aromatic heterocycles. The van der Waals surface area contributed by atoms with Crippen molar-refractivity contribution in [2.45, 2.75) is 19.9 Å². The second kappa shape index (κ2) is 5.49. The summed E-state index contributed by atoms with van der Waals surface area (Å²) in [4.78, 5) is 0. The zero-order chi connectivity index (χ0) is 10.6. The lowest BCUT2D eigenvalue weighted by atomic mass is 10.1. The van der Waals surface area contributed by atoms with Gasteiger partial charge in [-0.1, -0.05) is 28.1 Å². The fourth-order valence-corrected chi connectivity index (χ4v) is 1.49. The van der Waals surface area contributed by atoms with Gasteiger partial charge in [-0.05, 0) is 31.0 Å². The van der Waals surface area contributed by atoms with Gasteiger partial charge >= 0.3 is 0 Å². The van der Waals surface area contributed by atoms with Crippen LogP contribution in [-0.4, -0.2) is 13.2 Å². The molecule has 1 aromatic rings. The first-order valence-electron chi connectivity index (χ1n) is 4.74. The predicted octanol–water partition coefficient (Wildman–Crippen LogP) is 2.79. The zero-order valence-electron chi connectivity index (χ0n) is 8.59. The summed E-state index contributed by atoms with van der Waals surface area (Å²) in [6.07, 6.45) is 0. The predicted molar refractivity (Wildman–Crippen MR) is 62.3 cm³/mol. The molecule has 0 aliphatic carbocycles. The van der Waals surface area contributed by atoms with E-state index in [0.29, 0.717) is 13.2 Å². The highest BCUT2D eigenvalue weighted by molar-refractivity contribution is 9.10. The Morgan fingerprint density at radius 2 is 2.21 bits per heavy atom. The van der Waals surface area contributed by atoms with Gasteiger partial charge in [-0.2, -0.15) is 0 Å². The second-order valence-electron chi connectivity index (χ2n) is 3.27. The third-order valence-electron chi connectivity index (χ3n) is 2.11. The summed E-state index contributed by atoms with van der Waals surface area (Å²) < 4.78 is 6.40. The van der Waals surface area contributed by atoms with Crippen LogP contribution in [0.1, 0.15) is 24.1 Å². The fraction of sp³-hybridized carbons (Fsp3) is 0.455. The number of rotatable bonds is 4. The minimum atomic E-state index is -0.0262. The van der Waals surface area contributed by atoms with E-state index in [-0.39, 0.29) is 6.04 Å². The van der Waals surface area contributed by atoms with Crippen LogP contribution in [0.2, 0.25) is 0 Å². The molecule has 1 rings (SSSR count). The molecule has 1 atom stereocenters. The first kappa shape index (κ1) is 11.7. The molecule has 0 saturated heterocycles. The molecule has 0 radical (unpaired) electrons. The Bertz CT molecular complexity index is 301. The Morgan fingerprint density at radius 3 is 2.79 bits per heavy atom. The number of nitrogens with two attached hydrogens (primary N) is 1. The van der Waals surface area contributed by atoms with Crippen LogP contribution in [0.4, 0.5) is 0 Å². The van der Waals surface area contributed by atoms with Gasteiger partial charge in [0.2, 0.25) is 0 Å². The molecule has 2 nitrogen and oxygen atoms in total. The maximum Gasteiger partial charge on any atom is 0.0659 e. The van der Waals surface area contributed by atoms with Gasteiger partial charge in [-0.25, -0.2) is 0 Å². The van der Waals surface area contributed by atoms with E-state index < -0.39 is 0 Å². The lowest BCUT2D eigenvalue weighted by Crippen LogP contribution is -2.17. The van der Waals surface area contributed by atoms with Crippen molar-refractivity contribution in [3.05, 3.63) is 33.8 Å². The van der Waals surface area contributed by atoms with Crippen LogP contribution in [0.25, 0.3) is 0 Å². The van der Waals surface area contributed by atoms with Gasteiger partial charge in [-0.3, -0.25) is 0 Å². The molecular formula is C11H16BrNO. The van der Waals surface area contributed by atoms with Gasteiger partial charge in [0.25, 0.3) is 0 Å². The largest absolute Gasteiger partial charge is 0.380 e. The Balaban J connectivity index is 2.70. The molecule has 1 aromatic carbocycles. The lowest BCUT2D eigenvalue weighted by Gasteiger charge is -2.12. The van der Waals surface area contributed by atoms with E-state index in [1.165, 1.54) is 5.56 Å². The van der Waals surface area contributed by atoms with Gasteiger partial charge in [0, 0.05) is 11.1 Å². The smallest absolute Gasteiger partial charge is 0.0659 e. The molecule has 3 heteroatoms. The quantitative estimate of drug-likeness (QED) is 0.901. The maximum atomic E-state index is 5.96. The third kappa shape index (κ3) is 3.08. The molecule has 0 fully saturated rings. The van der Waals surface area contributed by atoms with E-state index in [2.05, 4.69) is 28.9 Å². The molecule has 1 unspecified atom stereocenters. The fourth-order valence-electron chi connectivity index (χ4n) is 1.24. The SMILES string of the molecule is CCOCC(N)c1ccc(Br)c(C)c1. The minimum absolute atomic E-state index is 0.0262. The summed E-state index contributed by atoms with van der Waals surface area (Å²) >= 11 is 3.46. The van der Waals surface area contributed by atoms with Crippen molar-refractivity contribution in [1.82, 2.24) is 0 Å². The Morgan fingerprint density at radius 1 is 1.50 bits per heavy atom. The van der Waals surface area contributed by atoms with Crippen molar-refractivity contribution in [3.8, 4) is 0 Å². The second-order valence-corrected chi connectivity index (χ2v) is 4.13. The average molecular weight is 258 g/mol. The normalized spacial score (nSPS) is 12.9. The summed E-state index contributed by atoms with van der Waals surface area (Å²) in [7, 11) is 0. The highest BCUT2D eigenvalue weighted by atomic mass is 79.9. The zero-order valence-corrected chi connectivity index (χ0v) is 10.2. The van der Waals surface area contributed by atoms with E-state index in [1.54, 1.807) is 0 Å². The Labute approximate surface area is 93.6 Å². The summed E-state index contributed by atoms with van der Waals surface area (Å²) in [6, 6.07) is 6.12. The molecule has 78 valence electrons. The van der Waals surface area contributed by atoms with Gasteiger partial charge in [0.15, 0.2) is 0 Å². The number of hydrogen-bond acceptors (Lipinski definition) is 2. The first-order valence-corrected chi connectivity index (χ1v) is 5.53. The van der Waals surface area contributed by atoms with Crippen LogP contribution in [0.15, 0.2) is 22.7 Å². The standard InChI is InChI=1S/C11H16BrNO/c1-3-14-7-11(13)9-4-5-10(12)8(2)6-9/h4-6,11H,3,7,13H2,1-2H3. The molecule has 0 bridgehead atoms. The van der Waals surface area contributed by atoms with E-state index in [0.717, 1.165) is 10.0 Å². The summed E-state index contributed by atoms with van der Waals surface area (Å²) in [5.41, 5.74) is 8.29. The van der Waals surface area contributed by atoms with Crippen LogP contribution >= 0.6 is 15.9 Å². The molecule has 0 aliphatic heterocycles. The van der Waals surface area contributed by atoms with Gasteiger partial charge in [0.1, 0.15) is 0 Å². The molecule has 2 N–H and O–H groups in total. The lowest BCUT2D eigenvalue weighted by molar-refractivity contribution is 0.133. The highest BCUT2D eigenvalue weighted by Crippen LogP contribution is 2.20. The van der Waals surface area contributed by atoms with Crippen molar-refractivity contribution in [2.24, 2.45) is 5.73 Å². The van der Waals surface area contributed by atoms with E-state index >= 15 is 0 Å². The number of benzene rings is 1. The van der Waals surface area contributed by atoms with E-state index in [4.69, 9.17) is 10.5 Å². The highest BCUT2D eigenvalue weighted by Gasteiger charge is 2.06. The molecule has 0 amide bonds. The van der Waals surface area contributed by atoms with Crippen molar-refractivity contribution in [2.75, 3.05) is 13.2 Å². The van der Waals surface area contributed by atoms with Crippen molar-refractivity contribution >= 4 is 15.9 Å². The van der Waals surface area contributed by atoms with Crippen LogP contribution in [0, 0.1) is 6.92 Å². The number of aryl methyl sites for hydroxylation is 1. The Hall–Kier alpha value is -0.380. The van der Waals surface area contributed by atoms with Crippen molar-refractivity contribution in [3.63, 3.8) is 0 Å². The van der Waals surface area contributed by atoms with Crippen molar-refractivity contribution < 1.29 is 4.74 Å². The average Bonchev–Trinajstić information content (AvgIpc) is 2.18. The summed E-state index contributed by atoms with van der Waals surface area (Å²) in [5, 5.41) is 0. The van der Waals surface area contributed by atoms with E-state index in [1.807, 2.05) is 19.1 Å². The molecule has 0 spiro atoms. The summed E-state index contributed by atoms with van der Waals surface area (Å²) in [5.74, 6) is 0. The third-order valence-corrected chi connectivity index (χ3v) is 3.00. The maximum absolute atomic E-state index is 5.96. The number of halogens is 1. The first-order chi connectivity index (χ1) is 6.65. The van der Waals surface area contributed by atoms with Crippen molar-refractivity contribution in [1.29, 1.82) is 0 Å². The molecule has 0 heterocycles. The monoisotopic (exact) mass is 257 g/mol.